The van der Waals surface area contributed by atoms with E-state index in [4.69, 9.17) is 23.2 Å². The van der Waals surface area contributed by atoms with Crippen molar-refractivity contribution in [3.8, 4) is 0 Å². The van der Waals surface area contributed by atoms with E-state index in [-0.39, 0.29) is 17.7 Å². The zero-order chi connectivity index (χ0) is 17.7. The van der Waals surface area contributed by atoms with Gasteiger partial charge in [-0.05, 0) is 61.2 Å². The van der Waals surface area contributed by atoms with Crippen LogP contribution in [0.5, 0.6) is 0 Å². The Labute approximate surface area is 155 Å². The Morgan fingerprint density at radius 3 is 2.84 bits per heavy atom. The summed E-state index contributed by atoms with van der Waals surface area (Å²) < 4.78 is 0. The zero-order valence-electron chi connectivity index (χ0n) is 13.6. The van der Waals surface area contributed by atoms with E-state index in [9.17, 15) is 9.59 Å². The minimum absolute atomic E-state index is 0.136. The fourth-order valence-electron chi connectivity index (χ4n) is 3.64. The molecular formula is C19H16Cl2N2O2. The van der Waals surface area contributed by atoms with Crippen LogP contribution in [0.3, 0.4) is 0 Å². The first-order valence-electron chi connectivity index (χ1n) is 8.20. The van der Waals surface area contributed by atoms with Gasteiger partial charge in [0, 0.05) is 17.3 Å². The number of anilines is 2. The molecule has 0 radical (unpaired) electrons. The van der Waals surface area contributed by atoms with E-state index in [1.807, 2.05) is 24.0 Å². The molecule has 4 rings (SSSR count). The lowest BCUT2D eigenvalue weighted by Crippen LogP contribution is -2.32. The maximum atomic E-state index is 12.6. The largest absolute Gasteiger partial charge is 0.322 e. The maximum Gasteiger partial charge on any atom is 0.257 e. The van der Waals surface area contributed by atoms with Crippen molar-refractivity contribution in [3.05, 3.63) is 57.1 Å². The van der Waals surface area contributed by atoms with Crippen molar-refractivity contribution in [2.45, 2.75) is 25.7 Å². The van der Waals surface area contributed by atoms with E-state index in [2.05, 4.69) is 5.32 Å². The molecule has 2 aliphatic rings. The van der Waals surface area contributed by atoms with Crippen LogP contribution < -0.4 is 10.2 Å². The SMILES string of the molecule is CC1C(=O)N2CCCc3cc(NC(=O)c4cc(Cl)ccc4Cl)cc1c32. The number of aryl methyl sites for hydroxylation is 1. The number of hydrogen-bond donors (Lipinski definition) is 1. The third-order valence-corrected chi connectivity index (χ3v) is 5.41. The lowest BCUT2D eigenvalue weighted by molar-refractivity contribution is -0.119. The highest BCUT2D eigenvalue weighted by molar-refractivity contribution is 6.36. The highest BCUT2D eigenvalue weighted by Crippen LogP contribution is 2.44. The molecule has 6 heteroatoms. The Kier molecular flexibility index (Phi) is 3.97. The fraction of sp³-hybridized carbons (Fsp3) is 0.263. The molecule has 1 unspecified atom stereocenters. The Hall–Kier alpha value is -2.04. The van der Waals surface area contributed by atoms with Crippen LogP contribution in [0.1, 0.15) is 40.7 Å². The van der Waals surface area contributed by atoms with Crippen LogP contribution in [-0.4, -0.2) is 18.4 Å². The number of nitrogens with zero attached hydrogens (tertiary/aromatic N) is 1. The van der Waals surface area contributed by atoms with Gasteiger partial charge < -0.3 is 10.2 Å². The van der Waals surface area contributed by atoms with Crippen LogP contribution in [0.2, 0.25) is 10.0 Å². The van der Waals surface area contributed by atoms with Crippen LogP contribution in [0.15, 0.2) is 30.3 Å². The third kappa shape index (κ3) is 2.70. The minimum Gasteiger partial charge on any atom is -0.322 e. The van der Waals surface area contributed by atoms with E-state index in [0.717, 1.165) is 36.2 Å². The highest BCUT2D eigenvalue weighted by Gasteiger charge is 2.37. The van der Waals surface area contributed by atoms with Crippen molar-refractivity contribution in [1.82, 2.24) is 0 Å². The van der Waals surface area contributed by atoms with Gasteiger partial charge in [0.25, 0.3) is 5.91 Å². The summed E-state index contributed by atoms with van der Waals surface area (Å²) in [6, 6.07) is 8.63. The topological polar surface area (TPSA) is 49.4 Å². The maximum absolute atomic E-state index is 12.6. The van der Waals surface area contributed by atoms with Gasteiger partial charge in [-0.3, -0.25) is 9.59 Å². The molecule has 1 N–H and O–H groups in total. The van der Waals surface area contributed by atoms with Crippen molar-refractivity contribution in [1.29, 1.82) is 0 Å². The molecule has 0 spiro atoms. The second-order valence-corrected chi connectivity index (χ2v) is 7.31. The molecule has 2 heterocycles. The summed E-state index contributed by atoms with van der Waals surface area (Å²) >= 11 is 12.1. The molecule has 2 aromatic carbocycles. The summed E-state index contributed by atoms with van der Waals surface area (Å²) in [4.78, 5) is 26.9. The molecule has 0 saturated carbocycles. The molecule has 0 fully saturated rings. The highest BCUT2D eigenvalue weighted by atomic mass is 35.5. The number of benzene rings is 2. The Balaban J connectivity index is 1.70. The molecule has 0 bridgehead atoms. The normalized spacial score (nSPS) is 18.3. The summed E-state index contributed by atoms with van der Waals surface area (Å²) in [7, 11) is 0. The molecule has 4 nitrogen and oxygen atoms in total. The van der Waals surface area contributed by atoms with Gasteiger partial charge in [-0.25, -0.2) is 0 Å². The molecule has 0 aromatic heterocycles. The molecule has 128 valence electrons. The van der Waals surface area contributed by atoms with Crippen molar-refractivity contribution in [2.24, 2.45) is 0 Å². The number of carbonyl (C=O) groups excluding carboxylic acids is 2. The van der Waals surface area contributed by atoms with Gasteiger partial charge in [-0.1, -0.05) is 23.2 Å². The number of hydrogen-bond acceptors (Lipinski definition) is 2. The second-order valence-electron chi connectivity index (χ2n) is 6.47. The summed E-state index contributed by atoms with van der Waals surface area (Å²) in [6.45, 7) is 2.68. The van der Waals surface area contributed by atoms with Crippen LogP contribution in [0.4, 0.5) is 11.4 Å². The average molecular weight is 375 g/mol. The standard InChI is InChI=1S/C19H16Cl2N2O2/c1-10-14-9-13(7-11-3-2-6-23(17(11)14)19(10)25)22-18(24)15-8-12(20)4-5-16(15)21/h4-5,7-10H,2-3,6H2,1H3,(H,22,24). The van der Waals surface area contributed by atoms with E-state index in [0.29, 0.717) is 21.3 Å². The Morgan fingerprint density at radius 2 is 2.04 bits per heavy atom. The molecule has 2 aliphatic heterocycles. The summed E-state index contributed by atoms with van der Waals surface area (Å²) in [6.07, 6.45) is 1.84. The van der Waals surface area contributed by atoms with Gasteiger partial charge in [0.2, 0.25) is 5.91 Å². The van der Waals surface area contributed by atoms with Gasteiger partial charge in [0.05, 0.1) is 22.2 Å². The second kappa shape index (κ2) is 6.04. The Morgan fingerprint density at radius 1 is 1.24 bits per heavy atom. The molecular weight excluding hydrogens is 359 g/mol. The molecule has 1 atom stereocenters. The summed E-state index contributed by atoms with van der Waals surface area (Å²) in [5.74, 6) is -0.361. The smallest absolute Gasteiger partial charge is 0.257 e. The molecule has 2 aromatic rings. The summed E-state index contributed by atoms with van der Waals surface area (Å²) in [5, 5.41) is 3.69. The van der Waals surface area contributed by atoms with Crippen molar-refractivity contribution >= 4 is 46.4 Å². The fourth-order valence-corrected chi connectivity index (χ4v) is 4.01. The monoisotopic (exact) mass is 374 g/mol. The number of halogens is 2. The van der Waals surface area contributed by atoms with Crippen LogP contribution in [-0.2, 0) is 11.2 Å². The third-order valence-electron chi connectivity index (χ3n) is 4.85. The van der Waals surface area contributed by atoms with E-state index in [1.165, 1.54) is 0 Å². The van der Waals surface area contributed by atoms with Crippen molar-refractivity contribution < 1.29 is 9.59 Å². The van der Waals surface area contributed by atoms with E-state index in [1.54, 1.807) is 18.2 Å². The lowest BCUT2D eigenvalue weighted by Gasteiger charge is -2.26. The average Bonchev–Trinajstić information content (AvgIpc) is 2.84. The number of rotatable bonds is 2. The zero-order valence-corrected chi connectivity index (χ0v) is 15.1. The van der Waals surface area contributed by atoms with Crippen molar-refractivity contribution in [3.63, 3.8) is 0 Å². The predicted molar refractivity (Wildman–Crippen MR) is 99.9 cm³/mol. The number of carbonyl (C=O) groups is 2. The van der Waals surface area contributed by atoms with E-state index < -0.39 is 0 Å². The first-order valence-corrected chi connectivity index (χ1v) is 8.96. The quantitative estimate of drug-likeness (QED) is 0.831. The number of amides is 2. The van der Waals surface area contributed by atoms with Crippen LogP contribution in [0.25, 0.3) is 0 Å². The number of nitrogens with one attached hydrogen (secondary N) is 1. The van der Waals surface area contributed by atoms with Gasteiger partial charge in [-0.15, -0.1) is 0 Å². The van der Waals surface area contributed by atoms with Crippen LogP contribution >= 0.6 is 23.2 Å². The molecule has 2 amide bonds. The van der Waals surface area contributed by atoms with Gasteiger partial charge in [0.15, 0.2) is 0 Å². The molecule has 25 heavy (non-hydrogen) atoms. The van der Waals surface area contributed by atoms with Gasteiger partial charge >= 0.3 is 0 Å². The first kappa shape index (κ1) is 16.4. The Bertz CT molecular complexity index is 911. The van der Waals surface area contributed by atoms with E-state index >= 15 is 0 Å². The molecule has 0 saturated heterocycles. The summed E-state index contributed by atoms with van der Waals surface area (Å²) in [5.41, 5.74) is 4.12. The first-order chi connectivity index (χ1) is 12.0. The predicted octanol–water partition coefficient (Wildman–Crippen LogP) is 4.64. The van der Waals surface area contributed by atoms with Gasteiger partial charge in [0.1, 0.15) is 0 Å². The van der Waals surface area contributed by atoms with Crippen LogP contribution in [0, 0.1) is 0 Å². The lowest BCUT2D eigenvalue weighted by atomic mass is 9.96. The van der Waals surface area contributed by atoms with Gasteiger partial charge in [-0.2, -0.15) is 0 Å². The van der Waals surface area contributed by atoms with Crippen molar-refractivity contribution in [2.75, 3.05) is 16.8 Å². The molecule has 0 aliphatic carbocycles. The minimum atomic E-state index is -0.315.